The van der Waals surface area contributed by atoms with E-state index in [1.807, 2.05) is 0 Å². The zero-order valence-electron chi connectivity index (χ0n) is 8.90. The molecule has 3 unspecified atom stereocenters. The van der Waals surface area contributed by atoms with Crippen LogP contribution in [0.1, 0.15) is 6.92 Å². The number of hydrogen-bond acceptors (Lipinski definition) is 4. The molecule has 5 heteroatoms. The van der Waals surface area contributed by atoms with Crippen molar-refractivity contribution in [3.05, 3.63) is 0 Å². The zero-order valence-corrected chi connectivity index (χ0v) is 8.90. The molecule has 0 bridgehead atoms. The summed E-state index contributed by atoms with van der Waals surface area (Å²) < 4.78 is 10.4. The summed E-state index contributed by atoms with van der Waals surface area (Å²) >= 11 is 0. The van der Waals surface area contributed by atoms with Gasteiger partial charge in [0.25, 0.3) is 0 Å². The van der Waals surface area contributed by atoms with Crippen LogP contribution in [0.5, 0.6) is 0 Å². The van der Waals surface area contributed by atoms with E-state index in [9.17, 15) is 4.79 Å². The van der Waals surface area contributed by atoms with Gasteiger partial charge in [0.1, 0.15) is 12.2 Å². The van der Waals surface area contributed by atoms with E-state index in [-0.39, 0.29) is 18.1 Å². The third-order valence-corrected chi connectivity index (χ3v) is 2.52. The van der Waals surface area contributed by atoms with E-state index >= 15 is 0 Å². The summed E-state index contributed by atoms with van der Waals surface area (Å²) in [6.07, 6.45) is -0.0783. The summed E-state index contributed by atoms with van der Waals surface area (Å²) in [5.74, 6) is -0.0494. The highest BCUT2D eigenvalue weighted by Gasteiger charge is 2.36. The molecule has 1 rings (SSSR count). The lowest BCUT2D eigenvalue weighted by molar-refractivity contribution is -0.131. The second kappa shape index (κ2) is 4.72. The van der Waals surface area contributed by atoms with Crippen LogP contribution >= 0.6 is 0 Å². The maximum atomic E-state index is 11.6. The maximum absolute atomic E-state index is 11.6. The van der Waals surface area contributed by atoms with E-state index < -0.39 is 6.04 Å². The second-order valence-electron chi connectivity index (χ2n) is 3.58. The SMILES string of the molecule is COC1CN(C(=O)C(C)N)CC1OC. The Labute approximate surface area is 84.1 Å². The van der Waals surface area contributed by atoms with Gasteiger partial charge in [0.05, 0.1) is 6.04 Å². The molecule has 0 aliphatic carbocycles. The number of likely N-dealkylation sites (tertiary alicyclic amines) is 1. The van der Waals surface area contributed by atoms with Gasteiger partial charge in [-0.2, -0.15) is 0 Å². The Bertz CT molecular complexity index is 196. The largest absolute Gasteiger partial charge is 0.377 e. The lowest BCUT2D eigenvalue weighted by Gasteiger charge is -2.17. The smallest absolute Gasteiger partial charge is 0.239 e. The Balaban J connectivity index is 2.57. The van der Waals surface area contributed by atoms with E-state index in [4.69, 9.17) is 15.2 Å². The van der Waals surface area contributed by atoms with Gasteiger partial charge in [0.2, 0.25) is 5.91 Å². The number of ether oxygens (including phenoxy) is 2. The van der Waals surface area contributed by atoms with E-state index in [2.05, 4.69) is 0 Å². The van der Waals surface area contributed by atoms with Crippen LogP contribution in [0.15, 0.2) is 0 Å². The minimum absolute atomic E-state index is 0.0392. The van der Waals surface area contributed by atoms with Gasteiger partial charge < -0.3 is 20.1 Å². The van der Waals surface area contributed by atoms with Gasteiger partial charge in [-0.15, -0.1) is 0 Å². The summed E-state index contributed by atoms with van der Waals surface area (Å²) in [6, 6.07) is -0.455. The normalized spacial score (nSPS) is 29.3. The summed E-state index contributed by atoms with van der Waals surface area (Å²) in [7, 11) is 3.24. The highest BCUT2D eigenvalue weighted by atomic mass is 16.5. The molecule has 82 valence electrons. The molecule has 1 heterocycles. The molecule has 0 saturated carbocycles. The van der Waals surface area contributed by atoms with E-state index in [1.165, 1.54) is 0 Å². The molecule has 1 saturated heterocycles. The van der Waals surface area contributed by atoms with Crippen molar-refractivity contribution in [1.29, 1.82) is 0 Å². The summed E-state index contributed by atoms with van der Waals surface area (Å²) in [5, 5.41) is 0. The fourth-order valence-electron chi connectivity index (χ4n) is 1.66. The number of nitrogens with two attached hydrogens (primary N) is 1. The first kappa shape index (κ1) is 11.4. The lowest BCUT2D eigenvalue weighted by Crippen LogP contribution is -2.41. The molecule has 1 amide bonds. The van der Waals surface area contributed by atoms with Crippen LogP contribution in [0.3, 0.4) is 0 Å². The molecule has 14 heavy (non-hydrogen) atoms. The Morgan fingerprint density at radius 3 is 2.07 bits per heavy atom. The van der Waals surface area contributed by atoms with Gasteiger partial charge in [0.15, 0.2) is 0 Å². The fourth-order valence-corrected chi connectivity index (χ4v) is 1.66. The summed E-state index contributed by atoms with van der Waals surface area (Å²) in [5.41, 5.74) is 5.52. The van der Waals surface area contributed by atoms with Crippen LogP contribution in [0.2, 0.25) is 0 Å². The van der Waals surface area contributed by atoms with Crippen molar-refractivity contribution in [2.45, 2.75) is 25.2 Å². The molecule has 5 nitrogen and oxygen atoms in total. The first-order chi connectivity index (χ1) is 6.60. The van der Waals surface area contributed by atoms with Crippen molar-refractivity contribution in [2.24, 2.45) is 5.73 Å². The first-order valence-corrected chi connectivity index (χ1v) is 4.70. The Hall–Kier alpha value is -0.650. The van der Waals surface area contributed by atoms with E-state index in [1.54, 1.807) is 26.0 Å². The van der Waals surface area contributed by atoms with Crippen molar-refractivity contribution >= 4 is 5.91 Å². The second-order valence-corrected chi connectivity index (χ2v) is 3.58. The predicted molar refractivity (Wildman–Crippen MR) is 51.8 cm³/mol. The topological polar surface area (TPSA) is 64.8 Å². The first-order valence-electron chi connectivity index (χ1n) is 4.70. The fraction of sp³-hybridized carbons (Fsp3) is 0.889. The summed E-state index contributed by atoms with van der Waals surface area (Å²) in [4.78, 5) is 13.2. The summed E-state index contributed by atoms with van der Waals surface area (Å²) in [6.45, 7) is 2.81. The van der Waals surface area contributed by atoms with Crippen molar-refractivity contribution in [3.8, 4) is 0 Å². The predicted octanol–water partition coefficient (Wildman–Crippen LogP) is -0.794. The van der Waals surface area contributed by atoms with E-state index in [0.717, 1.165) is 0 Å². The monoisotopic (exact) mass is 202 g/mol. The van der Waals surface area contributed by atoms with Gasteiger partial charge in [-0.1, -0.05) is 0 Å². The van der Waals surface area contributed by atoms with Crippen LogP contribution in [0.4, 0.5) is 0 Å². The van der Waals surface area contributed by atoms with Gasteiger partial charge >= 0.3 is 0 Å². The van der Waals surface area contributed by atoms with Crippen LogP contribution < -0.4 is 5.73 Å². The van der Waals surface area contributed by atoms with Gasteiger partial charge in [0, 0.05) is 27.3 Å². The minimum Gasteiger partial charge on any atom is -0.377 e. The standard InChI is InChI=1S/C9H18N2O3/c1-6(10)9(12)11-4-7(13-2)8(5-11)14-3/h6-8H,4-5,10H2,1-3H3. The number of carbonyl (C=O) groups is 1. The van der Waals surface area contributed by atoms with Gasteiger partial charge in [-0.05, 0) is 6.92 Å². The van der Waals surface area contributed by atoms with Crippen molar-refractivity contribution in [3.63, 3.8) is 0 Å². The van der Waals surface area contributed by atoms with Crippen LogP contribution in [-0.2, 0) is 14.3 Å². The lowest BCUT2D eigenvalue weighted by atomic mass is 10.3. The quantitative estimate of drug-likeness (QED) is 0.651. The number of amides is 1. The molecule has 0 aromatic heterocycles. The van der Waals surface area contributed by atoms with Crippen LogP contribution in [0, 0.1) is 0 Å². The zero-order chi connectivity index (χ0) is 10.7. The molecule has 2 N–H and O–H groups in total. The van der Waals surface area contributed by atoms with Crippen molar-refractivity contribution < 1.29 is 14.3 Å². The average Bonchev–Trinajstić information content (AvgIpc) is 2.59. The van der Waals surface area contributed by atoms with Crippen LogP contribution in [-0.4, -0.2) is 56.4 Å². The van der Waals surface area contributed by atoms with E-state index in [0.29, 0.717) is 13.1 Å². The Morgan fingerprint density at radius 2 is 1.79 bits per heavy atom. The number of nitrogens with zero attached hydrogens (tertiary/aromatic N) is 1. The molecule has 1 fully saturated rings. The molecule has 1 aliphatic heterocycles. The molecule has 0 aromatic rings. The van der Waals surface area contributed by atoms with Crippen molar-refractivity contribution in [2.75, 3.05) is 27.3 Å². The number of carbonyl (C=O) groups excluding carboxylic acids is 1. The van der Waals surface area contributed by atoms with Crippen molar-refractivity contribution in [1.82, 2.24) is 4.90 Å². The molecule has 0 spiro atoms. The molecule has 3 atom stereocenters. The Morgan fingerprint density at radius 1 is 1.36 bits per heavy atom. The number of methoxy groups -OCH3 is 2. The van der Waals surface area contributed by atoms with Gasteiger partial charge in [-0.25, -0.2) is 0 Å². The highest BCUT2D eigenvalue weighted by Crippen LogP contribution is 2.16. The molecular weight excluding hydrogens is 184 g/mol. The number of rotatable bonds is 3. The number of hydrogen-bond donors (Lipinski definition) is 1. The molecular formula is C9H18N2O3. The van der Waals surface area contributed by atoms with Gasteiger partial charge in [-0.3, -0.25) is 4.79 Å². The highest BCUT2D eigenvalue weighted by molar-refractivity contribution is 5.81. The third-order valence-electron chi connectivity index (χ3n) is 2.52. The molecule has 0 radical (unpaired) electrons. The third kappa shape index (κ3) is 2.23. The molecule has 1 aliphatic rings. The Kier molecular flexibility index (Phi) is 3.86. The molecule has 0 aromatic carbocycles. The maximum Gasteiger partial charge on any atom is 0.239 e. The van der Waals surface area contributed by atoms with Crippen LogP contribution in [0.25, 0.3) is 0 Å². The minimum atomic E-state index is -0.455. The average molecular weight is 202 g/mol.